The Morgan fingerprint density at radius 2 is 1.96 bits per heavy atom. The molecule has 0 fully saturated rings. The molecule has 2 aromatic carbocycles. The van der Waals surface area contributed by atoms with Gasteiger partial charge in [0, 0.05) is 36.8 Å². The van der Waals surface area contributed by atoms with Crippen LogP contribution >= 0.6 is 11.6 Å². The Morgan fingerprint density at radius 1 is 1.07 bits per heavy atom. The molecule has 0 saturated carbocycles. The monoisotopic (exact) mass is 660 g/mol. The first-order chi connectivity index (χ1) is 22.2. The molecule has 0 spiro atoms. The molecule has 0 aliphatic carbocycles. The molecule has 1 aliphatic heterocycles. The number of halogens is 2. The maximum Gasteiger partial charge on any atom is 0.196 e. The normalized spacial score (nSPS) is 16.1. The molecule has 13 heteroatoms. The molecule has 1 unspecified atom stereocenters. The second-order valence-electron chi connectivity index (χ2n) is 10.9. The molecule has 0 saturated heterocycles. The van der Waals surface area contributed by atoms with Crippen molar-refractivity contribution >= 4 is 43.8 Å². The van der Waals surface area contributed by atoms with E-state index in [9.17, 15) is 12.8 Å². The zero-order chi connectivity index (χ0) is 32.1. The molecule has 46 heavy (non-hydrogen) atoms. The standard InChI is InChI=1S/C33H30ClFN6O4S/c1-41(13-15-46(42,43)31-8-2-3-12-36-31)21-33(11-5-14-45-33)30-18-26-28(19-37-30)38-22-39-32(26)40-25-9-10-29(27(34)17-25)44-20-23-6-4-7-24(35)16-23/h2-10,12,14,16-19,22H,11,13,15,20-21H2,1H3,(H,38,39,40). The summed E-state index contributed by atoms with van der Waals surface area (Å²) in [5, 5.41) is 4.46. The lowest BCUT2D eigenvalue weighted by Gasteiger charge is -2.32. The van der Waals surface area contributed by atoms with E-state index in [0.29, 0.717) is 57.4 Å². The van der Waals surface area contributed by atoms with E-state index in [1.54, 1.807) is 48.9 Å². The average molecular weight is 661 g/mol. The van der Waals surface area contributed by atoms with Crippen LogP contribution in [0.1, 0.15) is 17.7 Å². The Labute approximate surface area is 270 Å². The minimum absolute atomic E-state index is 0.0560. The molecule has 4 heterocycles. The fourth-order valence-electron chi connectivity index (χ4n) is 5.17. The van der Waals surface area contributed by atoms with E-state index in [4.69, 9.17) is 26.1 Å². The quantitative estimate of drug-likeness (QED) is 0.169. The predicted molar refractivity (Wildman–Crippen MR) is 173 cm³/mol. The van der Waals surface area contributed by atoms with Crippen LogP contribution in [-0.2, 0) is 26.8 Å². The SMILES string of the molecule is CN(CCS(=O)(=O)c1ccccn1)CC1(c2cc3c(Nc4ccc(OCc5cccc(F)c5)c(Cl)c4)ncnc3cn2)CC=CO1. The summed E-state index contributed by atoms with van der Waals surface area (Å²) in [6.45, 7) is 0.833. The van der Waals surface area contributed by atoms with E-state index in [2.05, 4.69) is 20.3 Å². The van der Waals surface area contributed by atoms with Gasteiger partial charge in [-0.2, -0.15) is 0 Å². The van der Waals surface area contributed by atoms with Gasteiger partial charge in [-0.15, -0.1) is 0 Å². The molecule has 0 amide bonds. The summed E-state index contributed by atoms with van der Waals surface area (Å²) in [6.07, 6.45) is 8.70. The van der Waals surface area contributed by atoms with E-state index < -0.39 is 15.4 Å². The number of fused-ring (bicyclic) bond motifs is 1. The first-order valence-corrected chi connectivity index (χ1v) is 16.4. The van der Waals surface area contributed by atoms with Crippen LogP contribution in [0.15, 0.2) is 103 Å². The van der Waals surface area contributed by atoms with Crippen molar-refractivity contribution in [2.45, 2.75) is 23.7 Å². The predicted octanol–water partition coefficient (Wildman–Crippen LogP) is 6.07. The van der Waals surface area contributed by atoms with Crippen molar-refractivity contribution in [1.29, 1.82) is 0 Å². The molecular weight excluding hydrogens is 631 g/mol. The van der Waals surface area contributed by atoms with Crippen molar-refractivity contribution in [3.8, 4) is 5.75 Å². The van der Waals surface area contributed by atoms with Crippen LogP contribution in [0.25, 0.3) is 10.9 Å². The third-order valence-electron chi connectivity index (χ3n) is 7.53. The fourth-order valence-corrected chi connectivity index (χ4v) is 6.67. The third kappa shape index (κ3) is 7.09. The average Bonchev–Trinajstić information content (AvgIpc) is 3.53. The summed E-state index contributed by atoms with van der Waals surface area (Å²) in [5.74, 6) is 0.575. The number of hydrogen-bond donors (Lipinski definition) is 1. The number of ether oxygens (including phenoxy) is 2. The summed E-state index contributed by atoms with van der Waals surface area (Å²) in [7, 11) is -1.69. The van der Waals surface area contributed by atoms with Crippen LogP contribution in [0.3, 0.4) is 0 Å². The number of rotatable bonds is 12. The van der Waals surface area contributed by atoms with Gasteiger partial charge in [0.05, 0.1) is 34.4 Å². The van der Waals surface area contributed by atoms with Crippen LogP contribution in [0.4, 0.5) is 15.9 Å². The Bertz CT molecular complexity index is 1990. The number of nitrogens with zero attached hydrogens (tertiary/aromatic N) is 5. The van der Waals surface area contributed by atoms with Gasteiger partial charge in [-0.25, -0.2) is 27.8 Å². The number of hydrogen-bond acceptors (Lipinski definition) is 10. The summed E-state index contributed by atoms with van der Waals surface area (Å²) in [6, 6.07) is 18.2. The van der Waals surface area contributed by atoms with Gasteiger partial charge in [0.15, 0.2) is 20.5 Å². The van der Waals surface area contributed by atoms with Gasteiger partial charge >= 0.3 is 0 Å². The molecule has 0 bridgehead atoms. The van der Waals surface area contributed by atoms with Crippen molar-refractivity contribution in [2.24, 2.45) is 0 Å². The topological polar surface area (TPSA) is 119 Å². The number of sulfone groups is 1. The molecule has 1 N–H and O–H groups in total. The molecule has 10 nitrogen and oxygen atoms in total. The van der Waals surface area contributed by atoms with Gasteiger partial charge in [-0.05, 0) is 67.2 Å². The molecule has 1 atom stereocenters. The van der Waals surface area contributed by atoms with Gasteiger partial charge in [0.1, 0.15) is 30.3 Å². The zero-order valence-corrected chi connectivity index (χ0v) is 26.4. The Morgan fingerprint density at radius 3 is 2.72 bits per heavy atom. The van der Waals surface area contributed by atoms with E-state index in [1.807, 2.05) is 30.2 Å². The summed E-state index contributed by atoms with van der Waals surface area (Å²) in [4.78, 5) is 19.5. The number of benzene rings is 2. The van der Waals surface area contributed by atoms with E-state index in [1.165, 1.54) is 30.7 Å². The highest BCUT2D eigenvalue weighted by Crippen LogP contribution is 2.37. The zero-order valence-electron chi connectivity index (χ0n) is 24.8. The van der Waals surface area contributed by atoms with Crippen molar-refractivity contribution in [3.05, 3.63) is 120 Å². The number of aromatic nitrogens is 4. The smallest absolute Gasteiger partial charge is 0.196 e. The first-order valence-electron chi connectivity index (χ1n) is 14.4. The second kappa shape index (κ2) is 13.4. The highest BCUT2D eigenvalue weighted by atomic mass is 35.5. The van der Waals surface area contributed by atoms with Crippen molar-refractivity contribution in [2.75, 3.05) is 31.2 Å². The maximum atomic E-state index is 13.5. The minimum Gasteiger partial charge on any atom is -0.487 e. The molecule has 3 aromatic heterocycles. The largest absolute Gasteiger partial charge is 0.487 e. The maximum absolute atomic E-state index is 13.5. The minimum atomic E-state index is -3.54. The van der Waals surface area contributed by atoms with Gasteiger partial charge in [-0.3, -0.25) is 4.98 Å². The number of likely N-dealkylation sites (N-methyl/N-ethyl adjacent to an activating group) is 1. The molecule has 6 rings (SSSR count). The van der Waals surface area contributed by atoms with Crippen LogP contribution in [0.5, 0.6) is 5.75 Å². The highest BCUT2D eigenvalue weighted by molar-refractivity contribution is 7.91. The van der Waals surface area contributed by atoms with Crippen molar-refractivity contribution in [1.82, 2.24) is 24.8 Å². The van der Waals surface area contributed by atoms with Gasteiger partial charge < -0.3 is 19.7 Å². The van der Waals surface area contributed by atoms with E-state index in [0.717, 1.165) is 0 Å². The van der Waals surface area contributed by atoms with E-state index in [-0.39, 0.29) is 29.7 Å². The van der Waals surface area contributed by atoms with Crippen LogP contribution in [0, 0.1) is 5.82 Å². The summed E-state index contributed by atoms with van der Waals surface area (Å²) in [5.41, 5.74) is 1.80. The van der Waals surface area contributed by atoms with E-state index >= 15 is 0 Å². The van der Waals surface area contributed by atoms with Crippen LogP contribution < -0.4 is 10.1 Å². The Hall–Kier alpha value is -4.65. The highest BCUT2D eigenvalue weighted by Gasteiger charge is 2.38. The van der Waals surface area contributed by atoms with Crippen molar-refractivity contribution < 1.29 is 22.3 Å². The molecule has 236 valence electrons. The van der Waals surface area contributed by atoms with Crippen LogP contribution in [-0.4, -0.2) is 59.1 Å². The molecular formula is C33H30ClFN6O4S. The lowest BCUT2D eigenvalue weighted by Crippen LogP contribution is -2.41. The fraction of sp³-hybridized carbons (Fsp3) is 0.212. The molecule has 5 aromatic rings. The van der Waals surface area contributed by atoms with Crippen LogP contribution in [0.2, 0.25) is 5.02 Å². The number of nitrogens with one attached hydrogen (secondary N) is 1. The first kappa shape index (κ1) is 31.3. The Kier molecular flexibility index (Phi) is 9.11. The third-order valence-corrected chi connectivity index (χ3v) is 9.42. The lowest BCUT2D eigenvalue weighted by atomic mass is 9.94. The number of anilines is 2. The molecule has 1 aliphatic rings. The molecule has 0 radical (unpaired) electrons. The van der Waals surface area contributed by atoms with Crippen molar-refractivity contribution in [3.63, 3.8) is 0 Å². The van der Waals surface area contributed by atoms with Gasteiger partial charge in [0.2, 0.25) is 0 Å². The van der Waals surface area contributed by atoms with Gasteiger partial charge in [-0.1, -0.05) is 29.8 Å². The summed E-state index contributed by atoms with van der Waals surface area (Å²) >= 11 is 6.53. The lowest BCUT2D eigenvalue weighted by molar-refractivity contribution is 0.00859. The summed E-state index contributed by atoms with van der Waals surface area (Å²) < 4.78 is 51.1. The van der Waals surface area contributed by atoms with Gasteiger partial charge in [0.25, 0.3) is 0 Å². The second-order valence-corrected chi connectivity index (χ2v) is 13.4. The number of pyridine rings is 2. The Balaban J connectivity index is 1.19.